The molecule has 0 saturated heterocycles. The minimum atomic E-state index is -0.138. The van der Waals surface area contributed by atoms with Gasteiger partial charge in [0.05, 0.1) is 6.20 Å². The zero-order chi connectivity index (χ0) is 10.8. The predicted molar refractivity (Wildman–Crippen MR) is 55.6 cm³/mol. The first kappa shape index (κ1) is 9.64. The zero-order valence-electron chi connectivity index (χ0n) is 8.64. The molecule has 0 aliphatic carbocycles. The molecule has 0 aromatic carbocycles. The molecule has 5 heteroatoms. The number of fused-ring (bicyclic) bond motifs is 1. The highest BCUT2D eigenvalue weighted by Crippen LogP contribution is 2.03. The van der Waals surface area contributed by atoms with Crippen molar-refractivity contribution >= 4 is 11.6 Å². The van der Waals surface area contributed by atoms with Gasteiger partial charge in [-0.25, -0.2) is 9.50 Å². The predicted octanol–water partition coefficient (Wildman–Crippen LogP) is 0.867. The van der Waals surface area contributed by atoms with Crippen LogP contribution in [-0.4, -0.2) is 26.5 Å². The number of hydrogen-bond donors (Lipinski definition) is 1. The van der Waals surface area contributed by atoms with E-state index in [4.69, 9.17) is 0 Å². The summed E-state index contributed by atoms with van der Waals surface area (Å²) in [6, 6.07) is 3.51. The summed E-state index contributed by atoms with van der Waals surface area (Å²) < 4.78 is 1.53. The molecule has 1 N–H and O–H groups in total. The highest BCUT2D eigenvalue weighted by Gasteiger charge is 2.11. The van der Waals surface area contributed by atoms with Crippen LogP contribution < -0.4 is 5.32 Å². The Kier molecular flexibility index (Phi) is 2.37. The molecule has 78 valence electrons. The van der Waals surface area contributed by atoms with Gasteiger partial charge in [-0.15, -0.1) is 0 Å². The van der Waals surface area contributed by atoms with Gasteiger partial charge in [0.25, 0.3) is 5.91 Å². The van der Waals surface area contributed by atoms with Crippen LogP contribution in [0.3, 0.4) is 0 Å². The van der Waals surface area contributed by atoms with Gasteiger partial charge in [0.1, 0.15) is 5.69 Å². The first-order chi connectivity index (χ1) is 7.18. The summed E-state index contributed by atoms with van der Waals surface area (Å²) in [5.41, 5.74) is 1.17. The number of carbonyl (C=O) groups is 1. The van der Waals surface area contributed by atoms with Crippen molar-refractivity contribution in [2.75, 3.05) is 0 Å². The average molecular weight is 204 g/mol. The Morgan fingerprint density at radius 3 is 2.93 bits per heavy atom. The van der Waals surface area contributed by atoms with Gasteiger partial charge in [0.2, 0.25) is 0 Å². The zero-order valence-corrected chi connectivity index (χ0v) is 8.64. The fraction of sp³-hybridized carbons (Fsp3) is 0.300. The summed E-state index contributed by atoms with van der Waals surface area (Å²) in [7, 11) is 0. The largest absolute Gasteiger partial charge is 0.349 e. The third-order valence-electron chi connectivity index (χ3n) is 1.94. The van der Waals surface area contributed by atoms with Crippen molar-refractivity contribution in [3.8, 4) is 0 Å². The van der Waals surface area contributed by atoms with Crippen molar-refractivity contribution in [3.05, 3.63) is 30.2 Å². The average Bonchev–Trinajstić information content (AvgIpc) is 2.63. The van der Waals surface area contributed by atoms with Crippen molar-refractivity contribution in [1.29, 1.82) is 0 Å². The van der Waals surface area contributed by atoms with Crippen LogP contribution in [-0.2, 0) is 0 Å². The number of nitrogens with zero attached hydrogens (tertiary/aromatic N) is 3. The molecule has 0 atom stereocenters. The maximum atomic E-state index is 11.8. The smallest absolute Gasteiger partial charge is 0.270 e. The first-order valence-electron chi connectivity index (χ1n) is 4.78. The van der Waals surface area contributed by atoms with Crippen molar-refractivity contribution in [1.82, 2.24) is 19.9 Å². The minimum absolute atomic E-state index is 0.108. The first-order valence-corrected chi connectivity index (χ1v) is 4.78. The molecular weight excluding hydrogens is 192 g/mol. The second-order valence-corrected chi connectivity index (χ2v) is 3.56. The molecule has 0 unspecified atom stereocenters. The second kappa shape index (κ2) is 3.68. The summed E-state index contributed by atoms with van der Waals surface area (Å²) in [6.45, 7) is 3.83. The number of nitrogens with one attached hydrogen (secondary N) is 1. The monoisotopic (exact) mass is 204 g/mol. The number of carbonyl (C=O) groups excluding carboxylic acids is 1. The molecule has 5 nitrogen and oxygen atoms in total. The van der Waals surface area contributed by atoms with Crippen LogP contribution >= 0.6 is 0 Å². The molecule has 0 spiro atoms. The molecule has 0 aliphatic heterocycles. The van der Waals surface area contributed by atoms with Gasteiger partial charge in [-0.3, -0.25) is 4.79 Å². The van der Waals surface area contributed by atoms with Crippen LogP contribution in [0.1, 0.15) is 24.3 Å². The molecule has 0 radical (unpaired) electrons. The molecule has 1 amide bonds. The molecule has 2 heterocycles. The van der Waals surface area contributed by atoms with E-state index in [1.165, 1.54) is 4.52 Å². The summed E-state index contributed by atoms with van der Waals surface area (Å²) >= 11 is 0. The lowest BCUT2D eigenvalue weighted by Gasteiger charge is -2.08. The molecular formula is C10H12N4O. The number of hydrogen-bond acceptors (Lipinski definition) is 3. The lowest BCUT2D eigenvalue weighted by atomic mass is 10.3. The second-order valence-electron chi connectivity index (χ2n) is 3.56. The van der Waals surface area contributed by atoms with E-state index < -0.39 is 0 Å². The Hall–Kier alpha value is -1.91. The van der Waals surface area contributed by atoms with E-state index in [-0.39, 0.29) is 11.9 Å². The molecule has 0 saturated carbocycles. The van der Waals surface area contributed by atoms with Crippen molar-refractivity contribution in [2.24, 2.45) is 0 Å². The van der Waals surface area contributed by atoms with E-state index in [2.05, 4.69) is 15.4 Å². The Balaban J connectivity index is 2.42. The van der Waals surface area contributed by atoms with E-state index in [9.17, 15) is 4.79 Å². The van der Waals surface area contributed by atoms with E-state index >= 15 is 0 Å². The van der Waals surface area contributed by atoms with E-state index in [1.54, 1.807) is 24.5 Å². The third-order valence-corrected chi connectivity index (χ3v) is 1.94. The quantitative estimate of drug-likeness (QED) is 0.789. The van der Waals surface area contributed by atoms with Gasteiger partial charge >= 0.3 is 0 Å². The van der Waals surface area contributed by atoms with Gasteiger partial charge < -0.3 is 5.32 Å². The third kappa shape index (κ3) is 1.81. The van der Waals surface area contributed by atoms with Gasteiger partial charge in [0, 0.05) is 18.3 Å². The summed E-state index contributed by atoms with van der Waals surface area (Å²) in [5, 5.41) is 6.85. The fourth-order valence-electron chi connectivity index (χ4n) is 1.34. The number of rotatable bonds is 2. The topological polar surface area (TPSA) is 59.3 Å². The highest BCUT2D eigenvalue weighted by molar-refractivity contribution is 5.93. The van der Waals surface area contributed by atoms with Crippen LogP contribution in [0, 0.1) is 0 Å². The van der Waals surface area contributed by atoms with Crippen LogP contribution in [0.15, 0.2) is 24.5 Å². The maximum absolute atomic E-state index is 11.8. The van der Waals surface area contributed by atoms with Crippen molar-refractivity contribution in [2.45, 2.75) is 19.9 Å². The van der Waals surface area contributed by atoms with E-state index in [1.807, 2.05) is 13.8 Å². The minimum Gasteiger partial charge on any atom is -0.349 e. The lowest BCUT2D eigenvalue weighted by molar-refractivity contribution is 0.0935. The summed E-state index contributed by atoms with van der Waals surface area (Å²) in [6.07, 6.45) is 3.22. The molecule has 2 aromatic rings. The van der Waals surface area contributed by atoms with Gasteiger partial charge in [0.15, 0.2) is 5.65 Å². The SMILES string of the molecule is CC(C)NC(=O)c1ccnc2ccnn12. The van der Waals surface area contributed by atoms with Gasteiger partial charge in [-0.05, 0) is 19.9 Å². The van der Waals surface area contributed by atoms with Crippen LogP contribution in [0.25, 0.3) is 5.65 Å². The van der Waals surface area contributed by atoms with Gasteiger partial charge in [-0.2, -0.15) is 5.10 Å². The molecule has 0 aliphatic rings. The Morgan fingerprint density at radius 2 is 2.20 bits per heavy atom. The van der Waals surface area contributed by atoms with Gasteiger partial charge in [-0.1, -0.05) is 0 Å². The molecule has 0 fully saturated rings. The molecule has 2 rings (SSSR count). The standard InChI is InChI=1S/C10H12N4O/c1-7(2)13-10(15)8-3-5-11-9-4-6-12-14(8)9/h3-7H,1-2H3,(H,13,15). The fourth-order valence-corrected chi connectivity index (χ4v) is 1.34. The Bertz CT molecular complexity index is 489. The Labute approximate surface area is 87.1 Å². The molecule has 0 bridgehead atoms. The van der Waals surface area contributed by atoms with Crippen molar-refractivity contribution in [3.63, 3.8) is 0 Å². The maximum Gasteiger partial charge on any atom is 0.270 e. The summed E-state index contributed by atoms with van der Waals surface area (Å²) in [5.74, 6) is -0.138. The number of amides is 1. The Morgan fingerprint density at radius 1 is 1.40 bits per heavy atom. The number of aromatic nitrogens is 3. The molecule has 15 heavy (non-hydrogen) atoms. The lowest BCUT2D eigenvalue weighted by Crippen LogP contribution is -2.31. The highest BCUT2D eigenvalue weighted by atomic mass is 16.2. The molecule has 2 aromatic heterocycles. The van der Waals surface area contributed by atoms with Crippen LogP contribution in [0.5, 0.6) is 0 Å². The van der Waals surface area contributed by atoms with E-state index in [0.717, 1.165) is 0 Å². The van der Waals surface area contributed by atoms with Crippen LogP contribution in [0.2, 0.25) is 0 Å². The van der Waals surface area contributed by atoms with Crippen molar-refractivity contribution < 1.29 is 4.79 Å². The summed E-state index contributed by atoms with van der Waals surface area (Å²) in [4.78, 5) is 15.9. The van der Waals surface area contributed by atoms with Crippen LogP contribution in [0.4, 0.5) is 0 Å². The normalized spacial score (nSPS) is 10.9. The van der Waals surface area contributed by atoms with E-state index in [0.29, 0.717) is 11.3 Å².